The molecule has 122 valence electrons. The van der Waals surface area contributed by atoms with E-state index in [1.807, 2.05) is 30.3 Å². The molecular weight excluding hydrogens is 318 g/mol. The van der Waals surface area contributed by atoms with Crippen LogP contribution in [-0.4, -0.2) is 24.7 Å². The van der Waals surface area contributed by atoms with E-state index in [0.29, 0.717) is 29.7 Å². The van der Waals surface area contributed by atoms with Gasteiger partial charge in [0, 0.05) is 17.1 Å². The van der Waals surface area contributed by atoms with Crippen molar-refractivity contribution >= 4 is 17.6 Å². The first-order chi connectivity index (χ1) is 11.1. The van der Waals surface area contributed by atoms with Gasteiger partial charge in [0.15, 0.2) is 11.5 Å². The number of aliphatic carboxylic acids is 1. The fraction of sp³-hybridized carbons (Fsp3) is 0.235. The van der Waals surface area contributed by atoms with E-state index in [9.17, 15) is 4.79 Å². The minimum atomic E-state index is -0.908. The number of carboxylic acid groups (broad SMARTS) is 1. The average Bonchev–Trinajstić information content (AvgIpc) is 2.53. The molecule has 2 aromatic rings. The van der Waals surface area contributed by atoms with Crippen LogP contribution in [-0.2, 0) is 17.9 Å². The third-order valence-electron chi connectivity index (χ3n) is 3.14. The molecule has 0 spiro atoms. The largest absolute Gasteiger partial charge is 0.493 e. The van der Waals surface area contributed by atoms with Gasteiger partial charge in [-0.05, 0) is 23.8 Å². The fourth-order valence-corrected chi connectivity index (χ4v) is 2.32. The minimum absolute atomic E-state index is 0.120. The second kappa shape index (κ2) is 8.41. The maximum absolute atomic E-state index is 10.6. The van der Waals surface area contributed by atoms with Crippen molar-refractivity contribution in [3.63, 3.8) is 0 Å². The number of nitrogens with one attached hydrogen (secondary N) is 1. The van der Waals surface area contributed by atoms with Gasteiger partial charge in [-0.25, -0.2) is 0 Å². The van der Waals surface area contributed by atoms with Gasteiger partial charge in [-0.2, -0.15) is 0 Å². The molecule has 0 heterocycles. The molecule has 0 saturated carbocycles. The Kier molecular flexibility index (Phi) is 6.26. The molecule has 6 heteroatoms. The first-order valence-corrected chi connectivity index (χ1v) is 7.43. The van der Waals surface area contributed by atoms with Crippen LogP contribution < -0.4 is 14.8 Å². The van der Waals surface area contributed by atoms with Crippen LogP contribution in [0.3, 0.4) is 0 Å². The quantitative estimate of drug-likeness (QED) is 0.776. The van der Waals surface area contributed by atoms with Crippen LogP contribution in [0.1, 0.15) is 11.1 Å². The van der Waals surface area contributed by atoms with Crippen LogP contribution in [0.25, 0.3) is 0 Å². The highest BCUT2D eigenvalue weighted by atomic mass is 35.5. The molecule has 23 heavy (non-hydrogen) atoms. The molecule has 0 aromatic heterocycles. The number of ether oxygens (including phenoxy) is 2. The highest BCUT2D eigenvalue weighted by Gasteiger charge is 2.11. The molecule has 0 saturated heterocycles. The molecule has 5 nitrogen and oxygen atoms in total. The summed E-state index contributed by atoms with van der Waals surface area (Å²) in [5.74, 6) is 0.281. The van der Waals surface area contributed by atoms with Gasteiger partial charge in [0.05, 0.1) is 13.7 Å². The zero-order valence-electron chi connectivity index (χ0n) is 12.7. The summed E-state index contributed by atoms with van der Waals surface area (Å²) >= 11 is 5.97. The van der Waals surface area contributed by atoms with Crippen molar-refractivity contribution in [2.45, 2.75) is 13.2 Å². The first-order valence-electron chi connectivity index (χ1n) is 7.06. The van der Waals surface area contributed by atoms with Crippen LogP contribution in [0.4, 0.5) is 0 Å². The van der Waals surface area contributed by atoms with E-state index < -0.39 is 5.97 Å². The lowest BCUT2D eigenvalue weighted by molar-refractivity contribution is -0.136. The molecule has 2 rings (SSSR count). The van der Waals surface area contributed by atoms with Gasteiger partial charge < -0.3 is 19.9 Å². The smallest absolute Gasteiger partial charge is 0.317 e. The lowest BCUT2D eigenvalue weighted by Gasteiger charge is -2.15. The van der Waals surface area contributed by atoms with Crippen molar-refractivity contribution in [2.75, 3.05) is 13.7 Å². The molecule has 0 aliphatic heterocycles. The van der Waals surface area contributed by atoms with Crippen LogP contribution in [0.2, 0.25) is 5.02 Å². The van der Waals surface area contributed by atoms with Crippen molar-refractivity contribution in [1.29, 1.82) is 0 Å². The Labute approximate surface area is 139 Å². The third-order valence-corrected chi connectivity index (χ3v) is 3.38. The zero-order chi connectivity index (χ0) is 16.7. The van der Waals surface area contributed by atoms with E-state index in [1.54, 1.807) is 19.2 Å². The summed E-state index contributed by atoms with van der Waals surface area (Å²) in [6.45, 7) is 0.589. The maximum Gasteiger partial charge on any atom is 0.317 e. The number of halogens is 1. The Morgan fingerprint density at radius 1 is 1.26 bits per heavy atom. The van der Waals surface area contributed by atoms with Crippen molar-refractivity contribution in [2.24, 2.45) is 0 Å². The number of benzene rings is 2. The first kappa shape index (κ1) is 17.1. The van der Waals surface area contributed by atoms with Crippen molar-refractivity contribution < 1.29 is 19.4 Å². The van der Waals surface area contributed by atoms with E-state index in [2.05, 4.69) is 5.32 Å². The molecule has 0 bridgehead atoms. The van der Waals surface area contributed by atoms with E-state index in [-0.39, 0.29) is 6.54 Å². The monoisotopic (exact) mass is 335 g/mol. The maximum atomic E-state index is 10.6. The molecule has 0 amide bonds. The topological polar surface area (TPSA) is 67.8 Å². The summed E-state index contributed by atoms with van der Waals surface area (Å²) in [6, 6.07) is 12.9. The Morgan fingerprint density at radius 3 is 2.74 bits per heavy atom. The second-order valence-corrected chi connectivity index (χ2v) is 5.30. The molecule has 0 fully saturated rings. The van der Waals surface area contributed by atoms with Gasteiger partial charge in [-0.15, -0.1) is 0 Å². The number of carbonyl (C=O) groups is 1. The third kappa shape index (κ3) is 5.16. The van der Waals surface area contributed by atoms with E-state index in [0.717, 1.165) is 11.1 Å². The van der Waals surface area contributed by atoms with E-state index >= 15 is 0 Å². The number of methoxy groups -OCH3 is 1. The standard InChI is InChI=1S/C17H18ClNO4/c1-22-15-7-3-5-13(9-19-10-16(20)21)17(15)23-11-12-4-2-6-14(18)8-12/h2-8,19H,9-11H2,1H3,(H,20,21). The lowest BCUT2D eigenvalue weighted by atomic mass is 10.1. The molecule has 0 aliphatic carbocycles. The van der Waals surface area contributed by atoms with Gasteiger partial charge >= 0.3 is 5.97 Å². The average molecular weight is 336 g/mol. The Morgan fingerprint density at radius 2 is 2.04 bits per heavy atom. The normalized spacial score (nSPS) is 10.3. The Hall–Kier alpha value is -2.24. The number of para-hydroxylation sites is 1. The highest BCUT2D eigenvalue weighted by Crippen LogP contribution is 2.32. The van der Waals surface area contributed by atoms with Crippen LogP contribution in [0.5, 0.6) is 11.5 Å². The van der Waals surface area contributed by atoms with Crippen LogP contribution >= 0.6 is 11.6 Å². The van der Waals surface area contributed by atoms with Gasteiger partial charge in [-0.1, -0.05) is 35.9 Å². The molecule has 0 aliphatic rings. The number of hydrogen-bond donors (Lipinski definition) is 2. The summed E-state index contributed by atoms with van der Waals surface area (Å²) in [5.41, 5.74) is 1.76. The van der Waals surface area contributed by atoms with Crippen molar-refractivity contribution in [1.82, 2.24) is 5.32 Å². The van der Waals surface area contributed by atoms with E-state index in [1.165, 1.54) is 0 Å². The molecule has 0 unspecified atom stereocenters. The molecular formula is C17H18ClNO4. The molecule has 0 atom stereocenters. The predicted molar refractivity (Wildman–Crippen MR) is 88.1 cm³/mol. The summed E-state index contributed by atoms with van der Waals surface area (Å²) in [4.78, 5) is 10.6. The zero-order valence-corrected chi connectivity index (χ0v) is 13.5. The fourth-order valence-electron chi connectivity index (χ4n) is 2.11. The SMILES string of the molecule is COc1cccc(CNCC(=O)O)c1OCc1cccc(Cl)c1. The number of hydrogen-bond acceptors (Lipinski definition) is 4. The van der Waals surface area contributed by atoms with Crippen molar-refractivity contribution in [3.05, 3.63) is 58.6 Å². The lowest BCUT2D eigenvalue weighted by Crippen LogP contribution is -2.22. The molecule has 2 aromatic carbocycles. The summed E-state index contributed by atoms with van der Waals surface area (Å²) in [5, 5.41) is 12.2. The number of rotatable bonds is 8. The highest BCUT2D eigenvalue weighted by molar-refractivity contribution is 6.30. The molecule has 0 radical (unpaired) electrons. The minimum Gasteiger partial charge on any atom is -0.493 e. The van der Waals surface area contributed by atoms with Gasteiger partial charge in [0.1, 0.15) is 6.61 Å². The number of carboxylic acids is 1. The van der Waals surface area contributed by atoms with Gasteiger partial charge in [0.2, 0.25) is 0 Å². The van der Waals surface area contributed by atoms with Crippen LogP contribution in [0, 0.1) is 0 Å². The predicted octanol–water partition coefficient (Wildman–Crippen LogP) is 3.10. The van der Waals surface area contributed by atoms with Gasteiger partial charge in [-0.3, -0.25) is 4.79 Å². The molecule has 2 N–H and O–H groups in total. The Bertz CT molecular complexity index is 675. The van der Waals surface area contributed by atoms with E-state index in [4.69, 9.17) is 26.2 Å². The van der Waals surface area contributed by atoms with Crippen molar-refractivity contribution in [3.8, 4) is 11.5 Å². The van der Waals surface area contributed by atoms with Crippen LogP contribution in [0.15, 0.2) is 42.5 Å². The summed E-state index contributed by atoms with van der Waals surface area (Å²) in [6.07, 6.45) is 0. The second-order valence-electron chi connectivity index (χ2n) is 4.86. The van der Waals surface area contributed by atoms with Gasteiger partial charge in [0.25, 0.3) is 0 Å². The summed E-state index contributed by atoms with van der Waals surface area (Å²) < 4.78 is 11.2. The summed E-state index contributed by atoms with van der Waals surface area (Å²) in [7, 11) is 1.57. The Balaban J connectivity index is 2.12.